The molecule has 3 nitrogen and oxygen atoms in total. The fourth-order valence-electron chi connectivity index (χ4n) is 7.55. The van der Waals surface area contributed by atoms with Crippen molar-refractivity contribution < 1.29 is 4.42 Å². The molecule has 8 aromatic carbocycles. The lowest BCUT2D eigenvalue weighted by atomic mass is 10.0. The van der Waals surface area contributed by atoms with Crippen molar-refractivity contribution >= 4 is 71.6 Å². The molecule has 2 heterocycles. The van der Waals surface area contributed by atoms with Crippen LogP contribution in [-0.2, 0) is 0 Å². The van der Waals surface area contributed by atoms with Gasteiger partial charge in [-0.3, -0.25) is 0 Å². The van der Waals surface area contributed by atoms with Crippen LogP contribution in [0.15, 0.2) is 186 Å². The predicted molar refractivity (Wildman–Crippen MR) is 206 cm³/mol. The summed E-state index contributed by atoms with van der Waals surface area (Å²) in [6.45, 7) is 0. The van der Waals surface area contributed by atoms with Crippen molar-refractivity contribution in [1.29, 1.82) is 0 Å². The lowest BCUT2D eigenvalue weighted by molar-refractivity contribution is 0.669. The van der Waals surface area contributed by atoms with E-state index in [1.54, 1.807) is 0 Å². The number of anilines is 3. The molecule has 0 fully saturated rings. The van der Waals surface area contributed by atoms with E-state index in [2.05, 4.69) is 179 Å². The van der Waals surface area contributed by atoms with Gasteiger partial charge in [0.25, 0.3) is 0 Å². The first kappa shape index (κ1) is 27.5. The number of fused-ring (bicyclic) bond motifs is 8. The summed E-state index contributed by atoms with van der Waals surface area (Å²) in [5, 5.41) is 7.10. The minimum atomic E-state index is 0.870. The highest BCUT2D eigenvalue weighted by Gasteiger charge is 2.23. The third-order valence-electron chi connectivity index (χ3n) is 9.76. The average Bonchev–Trinajstić information content (AvgIpc) is 3.72. The van der Waals surface area contributed by atoms with E-state index in [-0.39, 0.29) is 0 Å². The predicted octanol–water partition coefficient (Wildman–Crippen LogP) is 13.0. The van der Waals surface area contributed by atoms with E-state index in [4.69, 9.17) is 4.42 Å². The largest absolute Gasteiger partial charge is 0.456 e. The van der Waals surface area contributed by atoms with Crippen LogP contribution in [0.4, 0.5) is 17.1 Å². The zero-order valence-electron chi connectivity index (χ0n) is 26.6. The van der Waals surface area contributed by atoms with Crippen LogP contribution in [0.2, 0.25) is 0 Å². The van der Waals surface area contributed by atoms with Gasteiger partial charge in [0.1, 0.15) is 11.2 Å². The second-order valence-corrected chi connectivity index (χ2v) is 12.6. The molecule has 49 heavy (non-hydrogen) atoms. The summed E-state index contributed by atoms with van der Waals surface area (Å²) in [4.78, 5) is 2.38. The molecule has 0 saturated heterocycles. The Hall–Kier alpha value is -6.58. The van der Waals surface area contributed by atoms with E-state index >= 15 is 0 Å². The Bertz CT molecular complexity index is 2810. The summed E-state index contributed by atoms with van der Waals surface area (Å²) in [6.07, 6.45) is 0. The molecule has 0 amide bonds. The van der Waals surface area contributed by atoms with Crippen molar-refractivity contribution in [3.8, 4) is 16.8 Å². The van der Waals surface area contributed by atoms with Gasteiger partial charge in [0.2, 0.25) is 0 Å². The fraction of sp³-hybridized carbons (Fsp3) is 0. The van der Waals surface area contributed by atoms with Crippen LogP contribution in [0, 0.1) is 0 Å². The summed E-state index contributed by atoms with van der Waals surface area (Å²) < 4.78 is 8.86. The van der Waals surface area contributed by atoms with Crippen LogP contribution in [0.1, 0.15) is 0 Å². The van der Waals surface area contributed by atoms with Crippen LogP contribution in [0.5, 0.6) is 0 Å². The first-order valence-corrected chi connectivity index (χ1v) is 16.7. The van der Waals surface area contributed by atoms with Crippen molar-refractivity contribution in [2.24, 2.45) is 0 Å². The van der Waals surface area contributed by atoms with Crippen molar-refractivity contribution in [1.82, 2.24) is 4.57 Å². The molecule has 0 aliphatic heterocycles. The van der Waals surface area contributed by atoms with Crippen LogP contribution in [0.25, 0.3) is 71.3 Å². The molecule has 0 unspecified atom stereocenters. The summed E-state index contributed by atoms with van der Waals surface area (Å²) in [5.74, 6) is 0. The maximum atomic E-state index is 6.43. The van der Waals surface area contributed by atoms with E-state index in [0.717, 1.165) is 50.2 Å². The lowest BCUT2D eigenvalue weighted by Crippen LogP contribution is -2.10. The van der Waals surface area contributed by atoms with Gasteiger partial charge >= 0.3 is 0 Å². The topological polar surface area (TPSA) is 21.3 Å². The lowest BCUT2D eigenvalue weighted by Gasteiger charge is -2.26. The third kappa shape index (κ3) is 4.37. The van der Waals surface area contributed by atoms with E-state index in [0.29, 0.717) is 0 Å². The number of furan rings is 1. The molecule has 10 rings (SSSR count). The van der Waals surface area contributed by atoms with E-state index < -0.39 is 0 Å². The van der Waals surface area contributed by atoms with Crippen molar-refractivity contribution in [3.05, 3.63) is 182 Å². The highest BCUT2D eigenvalue weighted by Crippen LogP contribution is 2.46. The zero-order valence-corrected chi connectivity index (χ0v) is 26.6. The molecule has 0 saturated carbocycles. The van der Waals surface area contributed by atoms with Crippen LogP contribution in [0.3, 0.4) is 0 Å². The molecule has 0 spiro atoms. The minimum Gasteiger partial charge on any atom is -0.456 e. The number of hydrogen-bond donors (Lipinski definition) is 0. The molecule has 2 aromatic heterocycles. The van der Waals surface area contributed by atoms with Crippen molar-refractivity contribution in [3.63, 3.8) is 0 Å². The summed E-state index contributed by atoms with van der Waals surface area (Å²) in [5.41, 5.74) is 10.9. The Morgan fingerprint density at radius 2 is 1.08 bits per heavy atom. The van der Waals surface area contributed by atoms with Crippen molar-refractivity contribution in [2.75, 3.05) is 4.90 Å². The smallest absolute Gasteiger partial charge is 0.137 e. The van der Waals surface area contributed by atoms with E-state index in [9.17, 15) is 0 Å². The average molecular weight is 627 g/mol. The van der Waals surface area contributed by atoms with Gasteiger partial charge < -0.3 is 13.9 Å². The van der Waals surface area contributed by atoms with Crippen LogP contribution in [-0.4, -0.2) is 4.57 Å². The van der Waals surface area contributed by atoms with E-state index in [1.165, 1.54) is 38.2 Å². The third-order valence-corrected chi connectivity index (χ3v) is 9.76. The second-order valence-electron chi connectivity index (χ2n) is 12.6. The summed E-state index contributed by atoms with van der Waals surface area (Å²) >= 11 is 0. The number of nitrogens with zero attached hydrogens (tertiary/aromatic N) is 2. The highest BCUT2D eigenvalue weighted by molar-refractivity contribution is 6.23. The number of para-hydroxylation sites is 2. The molecule has 0 bridgehead atoms. The van der Waals surface area contributed by atoms with Gasteiger partial charge in [0, 0.05) is 50.1 Å². The zero-order chi connectivity index (χ0) is 32.3. The molecule has 0 atom stereocenters. The molecular weight excluding hydrogens is 597 g/mol. The Morgan fingerprint density at radius 1 is 0.429 bits per heavy atom. The number of rotatable bonds is 5. The van der Waals surface area contributed by atoms with Crippen LogP contribution < -0.4 is 4.90 Å². The SMILES string of the molecule is c1ccc(-c2ccc(N(c3ccc4c(c3)oc3ccccc34)c3cccc4c3c3ccc5ccccc5c3n4-c3ccccc3)cc2)cc1. The van der Waals surface area contributed by atoms with Crippen LogP contribution >= 0.6 is 0 Å². The molecule has 3 heteroatoms. The first-order chi connectivity index (χ1) is 24.3. The second kappa shape index (κ2) is 11.0. The van der Waals surface area contributed by atoms with Gasteiger partial charge in [-0.1, -0.05) is 121 Å². The Balaban J connectivity index is 1.28. The molecule has 10 aromatic rings. The molecule has 0 aliphatic rings. The van der Waals surface area contributed by atoms with Gasteiger partial charge in [0.15, 0.2) is 0 Å². The van der Waals surface area contributed by atoms with Gasteiger partial charge in [0.05, 0.1) is 16.7 Å². The molecule has 0 N–H and O–H groups in total. The van der Waals surface area contributed by atoms with Gasteiger partial charge in [-0.2, -0.15) is 0 Å². The Labute approximate surface area is 283 Å². The van der Waals surface area contributed by atoms with Gasteiger partial charge in [-0.05, 0) is 71.1 Å². The molecular formula is C46H30N2O. The standard InChI is InChI=1S/C46H30N2O/c1-3-12-31(13-4-1)32-22-25-35(26-23-32)47(36-27-29-39-38-18-9-10-21-43(38)49-44(39)30-36)41-19-11-20-42-45(41)40-28-24-33-14-7-8-17-37(33)46(40)48(42)34-15-5-2-6-16-34/h1-30H. The normalized spacial score (nSPS) is 11.7. The maximum Gasteiger partial charge on any atom is 0.137 e. The number of hydrogen-bond acceptors (Lipinski definition) is 2. The Kier molecular flexibility index (Phi) is 6.18. The minimum absolute atomic E-state index is 0.870. The van der Waals surface area contributed by atoms with Gasteiger partial charge in [-0.25, -0.2) is 0 Å². The Morgan fingerprint density at radius 3 is 1.92 bits per heavy atom. The molecule has 0 radical (unpaired) electrons. The monoisotopic (exact) mass is 626 g/mol. The summed E-state index contributed by atoms with van der Waals surface area (Å²) in [6, 6.07) is 65.0. The maximum absolute atomic E-state index is 6.43. The van der Waals surface area contributed by atoms with Crippen molar-refractivity contribution in [2.45, 2.75) is 0 Å². The molecule has 0 aliphatic carbocycles. The number of benzene rings is 8. The molecule has 230 valence electrons. The fourth-order valence-corrected chi connectivity index (χ4v) is 7.55. The van der Waals surface area contributed by atoms with E-state index in [1.807, 2.05) is 12.1 Å². The summed E-state index contributed by atoms with van der Waals surface area (Å²) in [7, 11) is 0. The number of aromatic nitrogens is 1. The first-order valence-electron chi connectivity index (χ1n) is 16.7. The van der Waals surface area contributed by atoms with Gasteiger partial charge in [-0.15, -0.1) is 0 Å². The highest BCUT2D eigenvalue weighted by atomic mass is 16.3. The quantitative estimate of drug-likeness (QED) is 0.190.